The maximum Gasteiger partial charge on any atom is 0.224 e. The fraction of sp³-hybridized carbons (Fsp3) is 0. The first-order valence-electron chi connectivity index (χ1n) is 2.47. The van der Waals surface area contributed by atoms with E-state index in [2.05, 4.69) is 9.97 Å². The van der Waals surface area contributed by atoms with Gasteiger partial charge in [-0.2, -0.15) is 0 Å². The van der Waals surface area contributed by atoms with Gasteiger partial charge in [-0.1, -0.05) is 0 Å². The molecule has 0 aliphatic heterocycles. The number of carbonyl (C=O) groups excluding carboxylic acids is 1. The Morgan fingerprint density at radius 1 is 1.60 bits per heavy atom. The summed E-state index contributed by atoms with van der Waals surface area (Å²) < 4.78 is 0. The molecular formula is C5H4ClN3O. The van der Waals surface area contributed by atoms with Crippen molar-refractivity contribution in [2.24, 2.45) is 0 Å². The third-order valence-electron chi connectivity index (χ3n) is 0.859. The van der Waals surface area contributed by atoms with Gasteiger partial charge in [0.1, 0.15) is 11.5 Å². The lowest BCUT2D eigenvalue weighted by molar-refractivity contribution is 0.111. The molecule has 0 aromatic carbocycles. The van der Waals surface area contributed by atoms with Crippen molar-refractivity contribution in [3.8, 4) is 0 Å². The molecule has 0 radical (unpaired) electrons. The number of carbonyl (C=O) groups is 1. The predicted molar refractivity (Wildman–Crippen MR) is 36.8 cm³/mol. The highest BCUT2D eigenvalue weighted by atomic mass is 35.5. The van der Waals surface area contributed by atoms with Gasteiger partial charge in [-0.05, 0) is 11.6 Å². The van der Waals surface area contributed by atoms with Crippen molar-refractivity contribution in [2.75, 3.05) is 5.73 Å². The van der Waals surface area contributed by atoms with E-state index in [9.17, 15) is 4.79 Å². The molecule has 0 saturated heterocycles. The number of nitrogens with zero attached hydrogens (tertiary/aromatic N) is 2. The van der Waals surface area contributed by atoms with E-state index in [-0.39, 0.29) is 16.8 Å². The average Bonchev–Trinajstić information content (AvgIpc) is 1.85. The molecule has 10 heavy (non-hydrogen) atoms. The summed E-state index contributed by atoms with van der Waals surface area (Å²) in [6, 6.07) is 1.35. The van der Waals surface area contributed by atoms with Crippen molar-refractivity contribution >= 4 is 23.7 Å². The summed E-state index contributed by atoms with van der Waals surface area (Å²) >= 11 is 5.37. The van der Waals surface area contributed by atoms with Crippen molar-refractivity contribution in [3.63, 3.8) is 0 Å². The van der Waals surface area contributed by atoms with Gasteiger partial charge < -0.3 is 5.73 Å². The van der Waals surface area contributed by atoms with Crippen LogP contribution in [0.2, 0.25) is 5.28 Å². The standard InChI is InChI=1S/C5H4ClN3O/c6-5-8-3(2-10)1-4(7)9-5/h1-2H,(H2,7,8,9). The van der Waals surface area contributed by atoms with Gasteiger partial charge in [-0.3, -0.25) is 4.79 Å². The Bertz CT molecular complexity index is 243. The van der Waals surface area contributed by atoms with E-state index in [4.69, 9.17) is 17.3 Å². The van der Waals surface area contributed by atoms with Crippen LogP contribution in [0, 0.1) is 0 Å². The van der Waals surface area contributed by atoms with Crippen LogP contribution < -0.4 is 5.73 Å². The molecule has 4 nitrogen and oxygen atoms in total. The van der Waals surface area contributed by atoms with Gasteiger partial charge in [-0.15, -0.1) is 0 Å². The van der Waals surface area contributed by atoms with Crippen LogP contribution >= 0.6 is 11.6 Å². The fourth-order valence-corrected chi connectivity index (χ4v) is 0.710. The van der Waals surface area contributed by atoms with Crippen LogP contribution in [-0.4, -0.2) is 16.3 Å². The molecule has 0 spiro atoms. The molecule has 0 saturated carbocycles. The van der Waals surface area contributed by atoms with Crippen LogP contribution in [0.25, 0.3) is 0 Å². The minimum Gasteiger partial charge on any atom is -0.384 e. The molecule has 1 rings (SSSR count). The Labute approximate surface area is 62.0 Å². The lowest BCUT2D eigenvalue weighted by atomic mass is 10.4. The molecule has 0 fully saturated rings. The molecule has 0 aliphatic carbocycles. The summed E-state index contributed by atoms with van der Waals surface area (Å²) in [5, 5.41) is -0.0119. The number of aromatic nitrogens is 2. The first kappa shape index (κ1) is 6.95. The van der Waals surface area contributed by atoms with E-state index in [1.54, 1.807) is 0 Å². The first-order valence-corrected chi connectivity index (χ1v) is 2.85. The second-order valence-corrected chi connectivity index (χ2v) is 1.94. The predicted octanol–water partition coefficient (Wildman–Crippen LogP) is 0.525. The second-order valence-electron chi connectivity index (χ2n) is 1.60. The van der Waals surface area contributed by atoms with Crippen molar-refractivity contribution < 1.29 is 4.79 Å². The van der Waals surface area contributed by atoms with E-state index in [0.29, 0.717) is 6.29 Å². The first-order chi connectivity index (χ1) is 4.72. The number of nitrogens with two attached hydrogens (primary N) is 1. The SMILES string of the molecule is Nc1cc(C=O)nc(Cl)n1. The summed E-state index contributed by atoms with van der Waals surface area (Å²) in [6.45, 7) is 0. The van der Waals surface area contributed by atoms with Crippen LogP contribution in [0.1, 0.15) is 10.5 Å². The number of aldehydes is 1. The molecular weight excluding hydrogens is 154 g/mol. The molecule has 0 aliphatic rings. The van der Waals surface area contributed by atoms with Crippen LogP contribution in [0.15, 0.2) is 6.07 Å². The number of rotatable bonds is 1. The number of hydrogen-bond acceptors (Lipinski definition) is 4. The minimum absolute atomic E-state index is 0.0119. The monoisotopic (exact) mass is 157 g/mol. The summed E-state index contributed by atoms with van der Waals surface area (Å²) in [4.78, 5) is 17.2. The number of nitrogen functional groups attached to an aromatic ring is 1. The van der Waals surface area contributed by atoms with Gasteiger partial charge >= 0.3 is 0 Å². The highest BCUT2D eigenvalue weighted by molar-refractivity contribution is 6.28. The van der Waals surface area contributed by atoms with E-state index in [1.165, 1.54) is 6.07 Å². The van der Waals surface area contributed by atoms with Crippen molar-refractivity contribution in [3.05, 3.63) is 17.0 Å². The lowest BCUT2D eigenvalue weighted by Gasteiger charge is -1.92. The molecule has 0 unspecified atom stereocenters. The maximum absolute atomic E-state index is 10.1. The number of anilines is 1. The largest absolute Gasteiger partial charge is 0.384 e. The highest BCUT2D eigenvalue weighted by Crippen LogP contribution is 2.04. The Morgan fingerprint density at radius 3 is 2.80 bits per heavy atom. The van der Waals surface area contributed by atoms with Gasteiger partial charge in [0.05, 0.1) is 0 Å². The zero-order valence-electron chi connectivity index (χ0n) is 4.91. The van der Waals surface area contributed by atoms with Gasteiger partial charge in [-0.25, -0.2) is 9.97 Å². The zero-order chi connectivity index (χ0) is 7.56. The highest BCUT2D eigenvalue weighted by Gasteiger charge is 1.96. The molecule has 1 heterocycles. The van der Waals surface area contributed by atoms with Gasteiger partial charge in [0.2, 0.25) is 5.28 Å². The topological polar surface area (TPSA) is 68.9 Å². The molecule has 5 heteroatoms. The Kier molecular flexibility index (Phi) is 1.82. The number of hydrogen-bond donors (Lipinski definition) is 1. The summed E-state index contributed by atoms with van der Waals surface area (Å²) in [7, 11) is 0. The van der Waals surface area contributed by atoms with Gasteiger partial charge in [0.15, 0.2) is 6.29 Å². The fourth-order valence-electron chi connectivity index (χ4n) is 0.514. The van der Waals surface area contributed by atoms with E-state index < -0.39 is 0 Å². The molecule has 52 valence electrons. The quantitative estimate of drug-likeness (QED) is 0.477. The third kappa shape index (κ3) is 1.41. The van der Waals surface area contributed by atoms with E-state index in [1.807, 2.05) is 0 Å². The van der Waals surface area contributed by atoms with Gasteiger partial charge in [0.25, 0.3) is 0 Å². The van der Waals surface area contributed by atoms with Crippen LogP contribution in [0.5, 0.6) is 0 Å². The third-order valence-corrected chi connectivity index (χ3v) is 1.03. The summed E-state index contributed by atoms with van der Waals surface area (Å²) in [6.07, 6.45) is 0.559. The average molecular weight is 158 g/mol. The lowest BCUT2D eigenvalue weighted by Crippen LogP contribution is -1.96. The van der Waals surface area contributed by atoms with Crippen molar-refractivity contribution in [1.82, 2.24) is 9.97 Å². The molecule has 0 bridgehead atoms. The van der Waals surface area contributed by atoms with Crippen LogP contribution in [0.4, 0.5) is 5.82 Å². The minimum atomic E-state index is -0.0119. The van der Waals surface area contributed by atoms with Crippen molar-refractivity contribution in [2.45, 2.75) is 0 Å². The van der Waals surface area contributed by atoms with Gasteiger partial charge in [0, 0.05) is 6.07 Å². The summed E-state index contributed by atoms with van der Waals surface area (Å²) in [5.41, 5.74) is 5.43. The molecule has 1 aromatic heterocycles. The summed E-state index contributed by atoms with van der Waals surface area (Å²) in [5.74, 6) is 0.196. The van der Waals surface area contributed by atoms with Crippen LogP contribution in [-0.2, 0) is 0 Å². The Balaban J connectivity index is 3.18. The Hall–Kier alpha value is -1.16. The molecule has 0 atom stereocenters. The normalized spacial score (nSPS) is 9.30. The molecule has 0 amide bonds. The smallest absolute Gasteiger partial charge is 0.224 e. The molecule has 2 N–H and O–H groups in total. The number of halogens is 1. The second kappa shape index (κ2) is 2.62. The maximum atomic E-state index is 10.1. The van der Waals surface area contributed by atoms with E-state index >= 15 is 0 Å². The molecule has 1 aromatic rings. The van der Waals surface area contributed by atoms with Crippen LogP contribution in [0.3, 0.4) is 0 Å². The zero-order valence-corrected chi connectivity index (χ0v) is 5.67. The Morgan fingerprint density at radius 2 is 2.30 bits per heavy atom. The van der Waals surface area contributed by atoms with Crippen molar-refractivity contribution in [1.29, 1.82) is 0 Å². The van der Waals surface area contributed by atoms with E-state index in [0.717, 1.165) is 0 Å².